The summed E-state index contributed by atoms with van der Waals surface area (Å²) in [6, 6.07) is 10.5. The van der Waals surface area contributed by atoms with Gasteiger partial charge in [-0.05, 0) is 47.7 Å². The molecule has 0 saturated carbocycles. The summed E-state index contributed by atoms with van der Waals surface area (Å²) in [7, 11) is 0. The van der Waals surface area contributed by atoms with E-state index in [1.807, 2.05) is 0 Å². The maximum absolute atomic E-state index is 13.5. The zero-order valence-corrected chi connectivity index (χ0v) is 12.9. The fourth-order valence-electron chi connectivity index (χ4n) is 1.64. The second kappa shape index (κ2) is 6.70. The molecule has 0 unspecified atom stereocenters. The second-order valence-electron chi connectivity index (χ2n) is 4.17. The maximum Gasteiger partial charge on any atom is 0.446 e. The second-order valence-corrected chi connectivity index (χ2v) is 6.22. The lowest BCUT2D eigenvalue weighted by molar-refractivity contribution is -0.0328. The Morgan fingerprint density at radius 1 is 1.05 bits per heavy atom. The fraction of sp³-hybridized carbons (Fsp3) is 0.143. The number of hydrogen-bond acceptors (Lipinski definition) is 2. The Labute approximate surface area is 131 Å². The molecule has 21 heavy (non-hydrogen) atoms. The van der Waals surface area contributed by atoms with Crippen LogP contribution in [0.5, 0.6) is 0 Å². The van der Waals surface area contributed by atoms with Crippen LogP contribution in [0.4, 0.5) is 23.2 Å². The molecule has 2 aromatic carbocycles. The van der Waals surface area contributed by atoms with Crippen molar-refractivity contribution >= 4 is 33.4 Å². The number of hydrogen-bond donors (Lipinski definition) is 1. The molecule has 0 spiro atoms. The molecule has 0 saturated heterocycles. The summed E-state index contributed by atoms with van der Waals surface area (Å²) in [5, 5.41) is 2.90. The minimum atomic E-state index is -4.29. The van der Waals surface area contributed by atoms with Crippen molar-refractivity contribution in [1.29, 1.82) is 0 Å². The lowest BCUT2D eigenvalue weighted by Crippen LogP contribution is -2.02. The van der Waals surface area contributed by atoms with Crippen molar-refractivity contribution in [2.45, 2.75) is 16.9 Å². The number of halogens is 5. The number of alkyl halides is 3. The van der Waals surface area contributed by atoms with Crippen molar-refractivity contribution in [3.63, 3.8) is 0 Å². The summed E-state index contributed by atoms with van der Waals surface area (Å²) < 4.78 is 50.8. The first-order valence-corrected chi connectivity index (χ1v) is 7.48. The monoisotopic (exact) mass is 379 g/mol. The van der Waals surface area contributed by atoms with Gasteiger partial charge in [-0.1, -0.05) is 28.1 Å². The fourth-order valence-corrected chi connectivity index (χ4v) is 2.54. The van der Waals surface area contributed by atoms with Crippen molar-refractivity contribution in [3.8, 4) is 0 Å². The molecule has 0 atom stereocenters. The van der Waals surface area contributed by atoms with E-state index in [0.717, 1.165) is 10.0 Å². The molecule has 0 aliphatic rings. The van der Waals surface area contributed by atoms with E-state index in [0.29, 0.717) is 12.2 Å². The van der Waals surface area contributed by atoms with Crippen molar-refractivity contribution < 1.29 is 17.6 Å². The number of rotatable bonds is 4. The normalized spacial score (nSPS) is 11.5. The average molecular weight is 380 g/mol. The van der Waals surface area contributed by atoms with Crippen LogP contribution in [-0.4, -0.2) is 5.51 Å². The Morgan fingerprint density at radius 2 is 1.71 bits per heavy atom. The summed E-state index contributed by atoms with van der Waals surface area (Å²) >= 11 is 3.09. The third-order valence-corrected chi connectivity index (χ3v) is 3.80. The van der Waals surface area contributed by atoms with Gasteiger partial charge in [0.15, 0.2) is 0 Å². The molecule has 1 nitrogen and oxygen atoms in total. The van der Waals surface area contributed by atoms with Gasteiger partial charge in [0.1, 0.15) is 5.82 Å². The van der Waals surface area contributed by atoms with Gasteiger partial charge < -0.3 is 5.32 Å². The highest BCUT2D eigenvalue weighted by Crippen LogP contribution is 2.36. The van der Waals surface area contributed by atoms with Crippen molar-refractivity contribution in [2.75, 3.05) is 5.32 Å². The summed E-state index contributed by atoms with van der Waals surface area (Å²) in [5.41, 5.74) is -3.20. The Morgan fingerprint density at radius 3 is 2.33 bits per heavy atom. The predicted octanol–water partition coefficient (Wildman–Crippen LogP) is 5.81. The van der Waals surface area contributed by atoms with Crippen LogP contribution in [0.1, 0.15) is 5.56 Å². The van der Waals surface area contributed by atoms with Crippen LogP contribution in [-0.2, 0) is 6.54 Å². The van der Waals surface area contributed by atoms with Crippen LogP contribution >= 0.6 is 27.7 Å². The smallest absolute Gasteiger partial charge is 0.379 e. The molecule has 0 amide bonds. The third kappa shape index (κ3) is 5.24. The predicted molar refractivity (Wildman–Crippen MR) is 79.8 cm³/mol. The molecule has 0 bridgehead atoms. The maximum atomic E-state index is 13.5. The topological polar surface area (TPSA) is 12.0 Å². The summed E-state index contributed by atoms with van der Waals surface area (Å²) in [5.74, 6) is -0.387. The zero-order valence-electron chi connectivity index (χ0n) is 10.5. The van der Waals surface area contributed by atoms with Crippen LogP contribution in [0.3, 0.4) is 0 Å². The van der Waals surface area contributed by atoms with E-state index < -0.39 is 5.51 Å². The molecule has 2 rings (SSSR count). The zero-order chi connectivity index (χ0) is 15.5. The van der Waals surface area contributed by atoms with E-state index in [-0.39, 0.29) is 22.5 Å². The third-order valence-electron chi connectivity index (χ3n) is 2.57. The lowest BCUT2D eigenvalue weighted by atomic mass is 10.2. The quantitative estimate of drug-likeness (QED) is 0.531. The minimum Gasteiger partial charge on any atom is -0.379 e. The van der Waals surface area contributed by atoms with Crippen molar-refractivity contribution in [1.82, 2.24) is 0 Å². The van der Waals surface area contributed by atoms with Crippen molar-refractivity contribution in [3.05, 3.63) is 58.3 Å². The largest absolute Gasteiger partial charge is 0.446 e. The standard InChI is InChI=1S/C14H10BrF4NS/c15-10-3-6-12(16)13(7-10)20-8-9-1-4-11(5-2-9)21-14(17,18)19/h1-7,20H,8H2. The molecule has 0 fully saturated rings. The highest BCUT2D eigenvalue weighted by Gasteiger charge is 2.28. The van der Waals surface area contributed by atoms with Crippen LogP contribution in [0.15, 0.2) is 51.8 Å². The number of thioether (sulfide) groups is 1. The van der Waals surface area contributed by atoms with Crippen LogP contribution < -0.4 is 5.32 Å². The Hall–Kier alpha value is -1.21. The Bertz CT molecular complexity index is 613. The van der Waals surface area contributed by atoms with E-state index in [2.05, 4.69) is 21.2 Å². The van der Waals surface area contributed by atoms with Gasteiger partial charge >= 0.3 is 5.51 Å². The molecule has 0 heterocycles. The van der Waals surface area contributed by atoms with Gasteiger partial charge in [0.2, 0.25) is 0 Å². The van der Waals surface area contributed by atoms with Gasteiger partial charge in [0.25, 0.3) is 0 Å². The van der Waals surface area contributed by atoms with Gasteiger partial charge in [-0.2, -0.15) is 13.2 Å². The van der Waals surface area contributed by atoms with Gasteiger partial charge in [0, 0.05) is 15.9 Å². The first-order valence-electron chi connectivity index (χ1n) is 5.87. The Kier molecular flexibility index (Phi) is 5.16. The molecule has 112 valence electrons. The molecular weight excluding hydrogens is 370 g/mol. The van der Waals surface area contributed by atoms with E-state index >= 15 is 0 Å². The first-order chi connectivity index (χ1) is 9.83. The van der Waals surface area contributed by atoms with E-state index in [1.54, 1.807) is 24.3 Å². The average Bonchev–Trinajstić information content (AvgIpc) is 2.40. The summed E-state index contributed by atoms with van der Waals surface area (Å²) in [6.45, 7) is 0.324. The summed E-state index contributed by atoms with van der Waals surface area (Å²) in [6.07, 6.45) is 0. The lowest BCUT2D eigenvalue weighted by Gasteiger charge is -2.09. The first kappa shape index (κ1) is 16.2. The molecule has 1 N–H and O–H groups in total. The van der Waals surface area contributed by atoms with Crippen LogP contribution in [0, 0.1) is 5.82 Å². The van der Waals surface area contributed by atoms with Gasteiger partial charge in [-0.3, -0.25) is 0 Å². The molecule has 2 aromatic rings. The highest BCUT2D eigenvalue weighted by atomic mass is 79.9. The molecule has 7 heteroatoms. The minimum absolute atomic E-state index is 0.125. The molecule has 0 aliphatic carbocycles. The molecule has 0 aliphatic heterocycles. The van der Waals surface area contributed by atoms with Gasteiger partial charge in [-0.25, -0.2) is 4.39 Å². The number of anilines is 1. The van der Waals surface area contributed by atoms with E-state index in [9.17, 15) is 17.6 Å². The summed E-state index contributed by atoms with van der Waals surface area (Å²) in [4.78, 5) is 0.125. The molecule has 0 aromatic heterocycles. The molecular formula is C14H10BrF4NS. The van der Waals surface area contributed by atoms with Crippen LogP contribution in [0.2, 0.25) is 0 Å². The highest BCUT2D eigenvalue weighted by molar-refractivity contribution is 9.10. The van der Waals surface area contributed by atoms with Crippen LogP contribution in [0.25, 0.3) is 0 Å². The van der Waals surface area contributed by atoms with Gasteiger partial charge in [-0.15, -0.1) is 0 Å². The Balaban J connectivity index is 1.99. The number of nitrogens with one attached hydrogen (secondary N) is 1. The van der Waals surface area contributed by atoms with E-state index in [1.165, 1.54) is 18.2 Å². The SMILES string of the molecule is Fc1ccc(Br)cc1NCc1ccc(SC(F)(F)F)cc1. The molecule has 0 radical (unpaired) electrons. The van der Waals surface area contributed by atoms with E-state index in [4.69, 9.17) is 0 Å². The van der Waals surface area contributed by atoms with Crippen molar-refractivity contribution in [2.24, 2.45) is 0 Å². The number of benzene rings is 2. The van der Waals surface area contributed by atoms with Gasteiger partial charge in [0.05, 0.1) is 5.69 Å².